The maximum absolute atomic E-state index is 12.6. The molecular formula is C26H23ClN2O4S. The fraction of sp³-hybridized carbons (Fsp3) is 0.154. The van der Waals surface area contributed by atoms with E-state index in [9.17, 15) is 13.8 Å². The Morgan fingerprint density at radius 2 is 1.62 bits per heavy atom. The van der Waals surface area contributed by atoms with Crippen LogP contribution in [0.15, 0.2) is 76.5 Å². The number of para-hydroxylation sites is 1. The van der Waals surface area contributed by atoms with Crippen LogP contribution in [-0.4, -0.2) is 36.2 Å². The first-order valence-corrected chi connectivity index (χ1v) is 12.2. The number of halogens is 1. The summed E-state index contributed by atoms with van der Waals surface area (Å²) >= 11 is 6.11. The molecule has 0 fully saturated rings. The Bertz CT molecular complexity index is 1290. The fourth-order valence-corrected chi connectivity index (χ4v) is 5.33. The van der Waals surface area contributed by atoms with Crippen molar-refractivity contribution < 1.29 is 18.5 Å². The molecule has 174 valence electrons. The van der Waals surface area contributed by atoms with E-state index >= 15 is 0 Å². The summed E-state index contributed by atoms with van der Waals surface area (Å²) in [5.41, 5.74) is 3.15. The number of benzene rings is 3. The molecule has 1 atom stereocenters. The summed E-state index contributed by atoms with van der Waals surface area (Å²) in [6.07, 6.45) is 2.13. The van der Waals surface area contributed by atoms with Gasteiger partial charge in [0.05, 0.1) is 27.8 Å². The number of amides is 2. The van der Waals surface area contributed by atoms with Gasteiger partial charge in [-0.3, -0.25) is 9.59 Å². The number of hydrogen-bond acceptors (Lipinski definition) is 4. The van der Waals surface area contributed by atoms with E-state index in [2.05, 4.69) is 10.6 Å². The topological polar surface area (TPSA) is 84.5 Å². The number of nitrogens with one attached hydrogen (secondary N) is 2. The van der Waals surface area contributed by atoms with Crippen molar-refractivity contribution in [3.8, 4) is 16.9 Å². The maximum Gasteiger partial charge on any atom is 0.260 e. The second kappa shape index (κ2) is 10.7. The van der Waals surface area contributed by atoms with Gasteiger partial charge in [-0.2, -0.15) is 0 Å². The molecule has 0 saturated heterocycles. The number of fused-ring (bicyclic) bond motifs is 1. The molecule has 1 aliphatic heterocycles. The molecule has 2 amide bonds. The third kappa shape index (κ3) is 5.05. The Morgan fingerprint density at radius 3 is 2.32 bits per heavy atom. The number of carbonyl (C=O) groups is 2. The minimum Gasteiger partial charge on any atom is -0.496 e. The number of rotatable bonds is 8. The highest BCUT2D eigenvalue weighted by Crippen LogP contribution is 2.34. The van der Waals surface area contributed by atoms with Crippen molar-refractivity contribution in [3.05, 3.63) is 87.8 Å². The molecular weight excluding hydrogens is 472 g/mol. The predicted molar refractivity (Wildman–Crippen MR) is 134 cm³/mol. The smallest absolute Gasteiger partial charge is 0.260 e. The first-order chi connectivity index (χ1) is 16.5. The second-order valence-corrected chi connectivity index (χ2v) is 9.37. The van der Waals surface area contributed by atoms with Gasteiger partial charge in [-0.15, -0.1) is 0 Å². The van der Waals surface area contributed by atoms with E-state index in [0.29, 0.717) is 40.6 Å². The van der Waals surface area contributed by atoms with Crippen LogP contribution in [0.5, 0.6) is 5.75 Å². The molecule has 0 bridgehead atoms. The van der Waals surface area contributed by atoms with Crippen LogP contribution < -0.4 is 15.4 Å². The average Bonchev–Trinajstić information content (AvgIpc) is 3.21. The number of carbonyl (C=O) groups excluding carboxylic acids is 2. The lowest BCUT2D eigenvalue weighted by atomic mass is 10.0. The molecule has 0 aliphatic carbocycles. The van der Waals surface area contributed by atoms with Gasteiger partial charge >= 0.3 is 0 Å². The van der Waals surface area contributed by atoms with Crippen LogP contribution in [-0.2, 0) is 15.6 Å². The highest BCUT2D eigenvalue weighted by Gasteiger charge is 2.28. The Kier molecular flexibility index (Phi) is 7.45. The van der Waals surface area contributed by atoms with Gasteiger partial charge in [0.25, 0.3) is 11.8 Å². The van der Waals surface area contributed by atoms with Crippen LogP contribution >= 0.6 is 11.6 Å². The molecule has 34 heavy (non-hydrogen) atoms. The standard InChI is InChI=1S/C26H23ClN2O4S/c1-33-22-9-3-2-7-20(22)17-10-12-18(13-11-17)25(30)28-14-5-15-29-26(31)23-16-19-6-4-8-21(27)24(19)34(23)32/h2-4,6-13,16H,5,14-15H2,1H3,(H,28,30)(H,29,31). The lowest BCUT2D eigenvalue weighted by molar-refractivity contribution is -0.116. The van der Waals surface area contributed by atoms with Crippen LogP contribution in [0.3, 0.4) is 0 Å². The molecule has 4 rings (SSSR count). The summed E-state index contributed by atoms with van der Waals surface area (Å²) in [7, 11) is 0.0314. The van der Waals surface area contributed by atoms with E-state index < -0.39 is 16.7 Å². The Balaban J connectivity index is 1.24. The maximum atomic E-state index is 12.6. The molecule has 1 aliphatic rings. The first kappa shape index (κ1) is 23.7. The van der Waals surface area contributed by atoms with E-state index in [1.807, 2.05) is 36.4 Å². The van der Waals surface area contributed by atoms with E-state index in [1.165, 1.54) is 0 Å². The van der Waals surface area contributed by atoms with Gasteiger partial charge in [0.1, 0.15) is 10.7 Å². The molecule has 0 spiro atoms. The quantitative estimate of drug-likeness (QED) is 0.454. The van der Waals surface area contributed by atoms with Gasteiger partial charge in [0.2, 0.25) is 0 Å². The van der Waals surface area contributed by atoms with Crippen molar-refractivity contribution in [2.45, 2.75) is 11.3 Å². The molecule has 0 radical (unpaired) electrons. The average molecular weight is 495 g/mol. The molecule has 8 heteroatoms. The van der Waals surface area contributed by atoms with Crippen LogP contribution in [0.4, 0.5) is 0 Å². The summed E-state index contributed by atoms with van der Waals surface area (Å²) in [5, 5.41) is 5.98. The fourth-order valence-electron chi connectivity index (χ4n) is 3.65. The third-order valence-corrected chi connectivity index (χ3v) is 7.34. The Morgan fingerprint density at radius 1 is 0.912 bits per heavy atom. The summed E-state index contributed by atoms with van der Waals surface area (Å²) in [6, 6.07) is 20.2. The number of hydrogen-bond donors (Lipinski definition) is 2. The first-order valence-electron chi connectivity index (χ1n) is 10.7. The minimum absolute atomic E-state index is 0.183. The van der Waals surface area contributed by atoms with Gasteiger partial charge in [0.15, 0.2) is 0 Å². The van der Waals surface area contributed by atoms with Gasteiger partial charge in [-0.05, 0) is 47.9 Å². The monoisotopic (exact) mass is 494 g/mol. The van der Waals surface area contributed by atoms with Crippen LogP contribution in [0.25, 0.3) is 17.2 Å². The highest BCUT2D eigenvalue weighted by molar-refractivity contribution is 7.90. The van der Waals surface area contributed by atoms with E-state index in [0.717, 1.165) is 16.9 Å². The van der Waals surface area contributed by atoms with E-state index in [-0.39, 0.29) is 10.8 Å². The Labute approximate surface area is 205 Å². The molecule has 6 nitrogen and oxygen atoms in total. The molecule has 2 N–H and O–H groups in total. The van der Waals surface area contributed by atoms with Crippen molar-refractivity contribution in [1.82, 2.24) is 10.6 Å². The molecule has 3 aromatic carbocycles. The van der Waals surface area contributed by atoms with Crippen molar-refractivity contribution in [3.63, 3.8) is 0 Å². The van der Waals surface area contributed by atoms with E-state index in [4.69, 9.17) is 16.3 Å². The molecule has 1 heterocycles. The zero-order valence-electron chi connectivity index (χ0n) is 18.5. The summed E-state index contributed by atoms with van der Waals surface area (Å²) in [6.45, 7) is 0.728. The van der Waals surface area contributed by atoms with Crippen LogP contribution in [0.1, 0.15) is 22.3 Å². The van der Waals surface area contributed by atoms with Gasteiger partial charge < -0.3 is 15.4 Å². The Hall–Kier alpha value is -3.42. The van der Waals surface area contributed by atoms with Crippen molar-refractivity contribution in [2.75, 3.05) is 20.2 Å². The zero-order chi connectivity index (χ0) is 24.1. The lowest BCUT2D eigenvalue weighted by Crippen LogP contribution is -2.31. The minimum atomic E-state index is -1.60. The summed E-state index contributed by atoms with van der Waals surface area (Å²) < 4.78 is 18.0. The number of methoxy groups -OCH3 is 1. The molecule has 0 saturated carbocycles. The number of ether oxygens (including phenoxy) is 1. The summed E-state index contributed by atoms with van der Waals surface area (Å²) in [4.78, 5) is 25.5. The van der Waals surface area contributed by atoms with Gasteiger partial charge in [0, 0.05) is 24.2 Å². The van der Waals surface area contributed by atoms with Crippen molar-refractivity contribution >= 4 is 40.3 Å². The van der Waals surface area contributed by atoms with Crippen molar-refractivity contribution in [1.29, 1.82) is 0 Å². The largest absolute Gasteiger partial charge is 0.496 e. The lowest BCUT2D eigenvalue weighted by Gasteiger charge is -2.10. The molecule has 3 aromatic rings. The second-order valence-electron chi connectivity index (χ2n) is 7.58. The SMILES string of the molecule is COc1ccccc1-c1ccc(C(=O)NCCCNC(=O)C2=Cc3cccc(Cl)c3S2=O)cc1. The summed E-state index contributed by atoms with van der Waals surface area (Å²) in [5.74, 6) is 0.178. The molecule has 0 aromatic heterocycles. The van der Waals surface area contributed by atoms with Gasteiger partial charge in [-0.25, -0.2) is 4.21 Å². The highest BCUT2D eigenvalue weighted by atomic mass is 35.5. The van der Waals surface area contributed by atoms with Crippen molar-refractivity contribution in [2.24, 2.45) is 0 Å². The van der Waals surface area contributed by atoms with E-state index in [1.54, 1.807) is 43.5 Å². The zero-order valence-corrected chi connectivity index (χ0v) is 20.0. The van der Waals surface area contributed by atoms with Crippen LogP contribution in [0.2, 0.25) is 5.02 Å². The predicted octanol–water partition coefficient (Wildman–Crippen LogP) is 4.41. The molecule has 1 unspecified atom stereocenters. The van der Waals surface area contributed by atoms with Gasteiger partial charge in [-0.1, -0.05) is 54.1 Å². The van der Waals surface area contributed by atoms with Crippen LogP contribution in [0, 0.1) is 0 Å². The normalized spacial score (nSPS) is 14.2. The third-order valence-electron chi connectivity index (χ3n) is 5.38.